The van der Waals surface area contributed by atoms with Crippen LogP contribution in [-0.2, 0) is 0 Å². The Balaban J connectivity index is 1.67. The first kappa shape index (κ1) is 16.8. The number of carbonyl (C=O) groups is 1. The second kappa shape index (κ2) is 6.45. The Labute approximate surface area is 145 Å². The molecular weight excluding hydrogens is 326 g/mol. The van der Waals surface area contributed by atoms with Crippen LogP contribution in [-0.4, -0.2) is 63.1 Å². The highest BCUT2D eigenvalue weighted by atomic mass is 32.1. The van der Waals surface area contributed by atoms with Crippen LogP contribution < -0.4 is 4.90 Å². The number of hydrogen-bond donors (Lipinski definition) is 1. The van der Waals surface area contributed by atoms with E-state index in [1.165, 1.54) is 17.7 Å². The number of aromatic nitrogens is 3. The zero-order valence-corrected chi connectivity index (χ0v) is 14.9. The van der Waals surface area contributed by atoms with Crippen LogP contribution in [0.25, 0.3) is 0 Å². The lowest BCUT2D eigenvalue weighted by molar-refractivity contribution is 0.0266. The highest BCUT2D eigenvalue weighted by Gasteiger charge is 2.38. The predicted molar refractivity (Wildman–Crippen MR) is 92.4 cm³/mol. The molecule has 1 atom stereocenters. The van der Waals surface area contributed by atoms with Crippen molar-refractivity contribution < 1.29 is 9.90 Å². The Morgan fingerprint density at radius 2 is 2.21 bits per heavy atom. The number of β-amino-alcohol motifs (C(OH)–C–C–N with tert-alkyl or cyclic N) is 1. The van der Waals surface area contributed by atoms with Crippen molar-refractivity contribution in [1.29, 1.82) is 0 Å². The molecule has 1 amide bonds. The highest BCUT2D eigenvalue weighted by Crippen LogP contribution is 2.27. The lowest BCUT2D eigenvalue weighted by Crippen LogP contribution is -2.45. The Kier molecular flexibility index (Phi) is 4.51. The summed E-state index contributed by atoms with van der Waals surface area (Å²) in [6.45, 7) is 5.17. The second-order valence-corrected chi connectivity index (χ2v) is 7.20. The van der Waals surface area contributed by atoms with Gasteiger partial charge in [0.05, 0.1) is 17.7 Å². The normalized spacial score (nSPS) is 20.4. The minimum absolute atomic E-state index is 0.0974. The SMILES string of the molecule is Cc1cc(N2CC[C@@](O)(CN(C)C(=O)c3scnc3C)C2)ncn1. The molecule has 1 aliphatic rings. The van der Waals surface area contributed by atoms with Gasteiger partial charge in [-0.05, 0) is 20.3 Å². The number of rotatable bonds is 4. The first-order chi connectivity index (χ1) is 11.4. The maximum absolute atomic E-state index is 12.5. The first-order valence-electron chi connectivity index (χ1n) is 7.79. The van der Waals surface area contributed by atoms with E-state index in [2.05, 4.69) is 15.0 Å². The Morgan fingerprint density at radius 1 is 1.42 bits per heavy atom. The molecule has 0 aromatic carbocycles. The molecule has 0 unspecified atom stereocenters. The number of aryl methyl sites for hydroxylation is 2. The van der Waals surface area contributed by atoms with E-state index in [0.717, 1.165) is 17.2 Å². The van der Waals surface area contributed by atoms with Gasteiger partial charge in [0, 0.05) is 31.9 Å². The average Bonchev–Trinajstić information content (AvgIpc) is 3.13. The van der Waals surface area contributed by atoms with Crippen molar-refractivity contribution in [2.75, 3.05) is 31.6 Å². The van der Waals surface area contributed by atoms with Gasteiger partial charge in [0.15, 0.2) is 0 Å². The van der Waals surface area contributed by atoms with Crippen LogP contribution in [0, 0.1) is 13.8 Å². The summed E-state index contributed by atoms with van der Waals surface area (Å²) in [4.78, 5) is 29.2. The summed E-state index contributed by atoms with van der Waals surface area (Å²) in [5.74, 6) is 0.713. The largest absolute Gasteiger partial charge is 0.386 e. The van der Waals surface area contributed by atoms with Crippen molar-refractivity contribution in [2.24, 2.45) is 0 Å². The molecule has 3 rings (SSSR count). The molecule has 1 saturated heterocycles. The molecule has 0 radical (unpaired) electrons. The first-order valence-corrected chi connectivity index (χ1v) is 8.67. The second-order valence-electron chi connectivity index (χ2n) is 6.34. The van der Waals surface area contributed by atoms with Crippen LogP contribution in [0.1, 0.15) is 27.5 Å². The summed E-state index contributed by atoms with van der Waals surface area (Å²) in [6.07, 6.45) is 2.12. The molecule has 128 valence electrons. The molecule has 0 saturated carbocycles. The van der Waals surface area contributed by atoms with E-state index in [1.54, 1.807) is 17.5 Å². The van der Waals surface area contributed by atoms with E-state index in [9.17, 15) is 9.90 Å². The number of aliphatic hydroxyl groups is 1. The van der Waals surface area contributed by atoms with Gasteiger partial charge in [0.2, 0.25) is 0 Å². The zero-order chi connectivity index (χ0) is 17.3. The molecule has 2 aromatic heterocycles. The third-order valence-corrected chi connectivity index (χ3v) is 5.18. The van der Waals surface area contributed by atoms with Crippen molar-refractivity contribution in [3.63, 3.8) is 0 Å². The molecule has 0 bridgehead atoms. The number of hydrogen-bond acceptors (Lipinski definition) is 7. The van der Waals surface area contributed by atoms with Gasteiger partial charge in [0.1, 0.15) is 22.6 Å². The van der Waals surface area contributed by atoms with E-state index in [-0.39, 0.29) is 12.5 Å². The molecule has 3 heterocycles. The van der Waals surface area contributed by atoms with Gasteiger partial charge < -0.3 is 14.9 Å². The van der Waals surface area contributed by atoms with Gasteiger partial charge in [-0.2, -0.15) is 0 Å². The molecule has 1 aliphatic heterocycles. The number of nitrogens with zero attached hydrogens (tertiary/aromatic N) is 5. The lowest BCUT2D eigenvalue weighted by atomic mass is 10.0. The number of anilines is 1. The summed E-state index contributed by atoms with van der Waals surface area (Å²) < 4.78 is 0. The van der Waals surface area contributed by atoms with E-state index in [4.69, 9.17) is 0 Å². The fraction of sp³-hybridized carbons (Fsp3) is 0.500. The summed E-state index contributed by atoms with van der Waals surface area (Å²) in [7, 11) is 1.72. The van der Waals surface area contributed by atoms with E-state index in [1.807, 2.05) is 24.8 Å². The van der Waals surface area contributed by atoms with Crippen molar-refractivity contribution in [3.8, 4) is 0 Å². The summed E-state index contributed by atoms with van der Waals surface area (Å²) >= 11 is 1.33. The van der Waals surface area contributed by atoms with Crippen molar-refractivity contribution in [2.45, 2.75) is 25.9 Å². The van der Waals surface area contributed by atoms with Crippen LogP contribution in [0.2, 0.25) is 0 Å². The van der Waals surface area contributed by atoms with Gasteiger partial charge in [0.25, 0.3) is 5.91 Å². The minimum atomic E-state index is -0.943. The van der Waals surface area contributed by atoms with Gasteiger partial charge in [-0.25, -0.2) is 15.0 Å². The monoisotopic (exact) mass is 347 g/mol. The van der Waals surface area contributed by atoms with E-state index >= 15 is 0 Å². The molecule has 24 heavy (non-hydrogen) atoms. The van der Waals surface area contributed by atoms with E-state index < -0.39 is 5.60 Å². The maximum atomic E-state index is 12.5. The van der Waals surface area contributed by atoms with E-state index in [0.29, 0.717) is 24.4 Å². The molecule has 1 fully saturated rings. The van der Waals surface area contributed by atoms with Gasteiger partial charge in [-0.3, -0.25) is 4.79 Å². The maximum Gasteiger partial charge on any atom is 0.265 e. The lowest BCUT2D eigenvalue weighted by Gasteiger charge is -2.29. The number of carbonyl (C=O) groups excluding carboxylic acids is 1. The number of thiazole rings is 1. The number of likely N-dealkylation sites (N-methyl/N-ethyl adjacent to an activating group) is 1. The number of amides is 1. The van der Waals surface area contributed by atoms with Gasteiger partial charge in [-0.15, -0.1) is 11.3 Å². The van der Waals surface area contributed by atoms with Gasteiger partial charge in [-0.1, -0.05) is 0 Å². The molecule has 0 spiro atoms. The fourth-order valence-electron chi connectivity index (χ4n) is 2.99. The van der Waals surface area contributed by atoms with Crippen LogP contribution in [0.5, 0.6) is 0 Å². The van der Waals surface area contributed by atoms with Gasteiger partial charge >= 0.3 is 0 Å². The molecule has 1 N–H and O–H groups in total. The predicted octanol–water partition coefficient (Wildman–Crippen LogP) is 1.26. The topological polar surface area (TPSA) is 82.5 Å². The van der Waals surface area contributed by atoms with Crippen LogP contribution in [0.15, 0.2) is 17.9 Å². The quantitative estimate of drug-likeness (QED) is 0.897. The molecule has 8 heteroatoms. The summed E-state index contributed by atoms with van der Waals surface area (Å²) in [5.41, 5.74) is 2.35. The smallest absolute Gasteiger partial charge is 0.265 e. The van der Waals surface area contributed by atoms with Crippen molar-refractivity contribution in [1.82, 2.24) is 19.9 Å². The molecule has 7 nitrogen and oxygen atoms in total. The third kappa shape index (κ3) is 3.39. The highest BCUT2D eigenvalue weighted by molar-refractivity contribution is 7.11. The summed E-state index contributed by atoms with van der Waals surface area (Å²) in [6, 6.07) is 1.90. The zero-order valence-electron chi connectivity index (χ0n) is 14.1. The third-order valence-electron chi connectivity index (χ3n) is 4.26. The van der Waals surface area contributed by atoms with Crippen LogP contribution in [0.3, 0.4) is 0 Å². The Morgan fingerprint density at radius 3 is 2.88 bits per heavy atom. The fourth-order valence-corrected chi connectivity index (χ4v) is 3.78. The summed E-state index contributed by atoms with van der Waals surface area (Å²) in [5, 5.41) is 10.9. The molecule has 0 aliphatic carbocycles. The average molecular weight is 347 g/mol. The Hall–Kier alpha value is -2.06. The van der Waals surface area contributed by atoms with Crippen molar-refractivity contribution >= 4 is 23.1 Å². The molecule has 2 aromatic rings. The molecular formula is C16H21N5O2S. The minimum Gasteiger partial charge on any atom is -0.386 e. The van der Waals surface area contributed by atoms with Crippen LogP contribution in [0.4, 0.5) is 5.82 Å². The Bertz CT molecular complexity index is 750. The standard InChI is InChI=1S/C16H21N5O2S/c1-11-6-13(18-9-17-11)21-5-4-16(23,8-21)7-20(3)15(22)14-12(2)19-10-24-14/h6,9-10,23H,4-5,7-8H2,1-3H3/t16-/m1/s1. The van der Waals surface area contributed by atoms with Crippen molar-refractivity contribution in [3.05, 3.63) is 34.2 Å². The van der Waals surface area contributed by atoms with Crippen LogP contribution >= 0.6 is 11.3 Å².